The molecule has 0 amide bonds. The summed E-state index contributed by atoms with van der Waals surface area (Å²) < 4.78 is 40.8. The van der Waals surface area contributed by atoms with Crippen LogP contribution in [0.1, 0.15) is 18.4 Å². The van der Waals surface area contributed by atoms with Gasteiger partial charge in [-0.15, -0.1) is 0 Å². The van der Waals surface area contributed by atoms with Crippen LogP contribution in [0.15, 0.2) is 40.9 Å². The summed E-state index contributed by atoms with van der Waals surface area (Å²) in [6.07, 6.45) is -0.316. The van der Waals surface area contributed by atoms with Crippen LogP contribution in [0.4, 0.5) is 14.6 Å². The summed E-state index contributed by atoms with van der Waals surface area (Å²) >= 11 is 10.9. The number of rotatable bonds is 9. The minimum absolute atomic E-state index is 0.376. The predicted molar refractivity (Wildman–Crippen MR) is 120 cm³/mol. The van der Waals surface area contributed by atoms with Crippen LogP contribution in [0.25, 0.3) is 10.9 Å². The SMILES string of the molecule is COc1ccc(CN(SC2CC2)c2nn(CC(F)F)c3c(Br)ccc(OCl)c23)cc1. The lowest BCUT2D eigenvalue weighted by molar-refractivity contribution is 0.123. The third-order valence-electron chi connectivity index (χ3n) is 4.70. The molecule has 0 bridgehead atoms. The molecule has 1 saturated carbocycles. The predicted octanol–water partition coefficient (Wildman–Crippen LogP) is 6.42. The molecule has 160 valence electrons. The average Bonchev–Trinajstić information content (AvgIpc) is 3.47. The van der Waals surface area contributed by atoms with E-state index >= 15 is 0 Å². The van der Waals surface area contributed by atoms with E-state index in [2.05, 4.69) is 21.0 Å². The van der Waals surface area contributed by atoms with Gasteiger partial charge >= 0.3 is 0 Å². The fraction of sp³-hybridized carbons (Fsp3) is 0.350. The number of nitrogens with zero attached hydrogens (tertiary/aromatic N) is 3. The Hall–Kier alpha value is -1.71. The van der Waals surface area contributed by atoms with Crippen molar-refractivity contribution in [2.24, 2.45) is 0 Å². The fourth-order valence-electron chi connectivity index (χ4n) is 3.14. The van der Waals surface area contributed by atoms with Crippen LogP contribution in [-0.4, -0.2) is 28.6 Å². The van der Waals surface area contributed by atoms with E-state index in [1.54, 1.807) is 31.2 Å². The number of fused-ring (bicyclic) bond motifs is 1. The summed E-state index contributed by atoms with van der Waals surface area (Å²) in [4.78, 5) is 0. The Labute approximate surface area is 190 Å². The molecule has 0 atom stereocenters. The summed E-state index contributed by atoms with van der Waals surface area (Å²) in [7, 11) is 1.62. The second-order valence-electron chi connectivity index (χ2n) is 6.93. The Kier molecular flexibility index (Phi) is 6.60. The second kappa shape index (κ2) is 9.20. The first-order valence-corrected chi connectivity index (χ1v) is 11.3. The highest BCUT2D eigenvalue weighted by Gasteiger charge is 2.30. The van der Waals surface area contributed by atoms with Gasteiger partial charge in [0.05, 0.1) is 24.6 Å². The van der Waals surface area contributed by atoms with Gasteiger partial charge in [0, 0.05) is 9.72 Å². The van der Waals surface area contributed by atoms with Gasteiger partial charge in [-0.2, -0.15) is 5.10 Å². The minimum atomic E-state index is -2.54. The highest BCUT2D eigenvalue weighted by Crippen LogP contribution is 2.45. The van der Waals surface area contributed by atoms with Gasteiger partial charge in [-0.3, -0.25) is 8.99 Å². The lowest BCUT2D eigenvalue weighted by Gasteiger charge is -2.22. The van der Waals surface area contributed by atoms with E-state index in [0.717, 1.165) is 24.2 Å². The summed E-state index contributed by atoms with van der Waals surface area (Å²) in [5, 5.41) is 5.64. The number of alkyl halides is 2. The molecule has 0 unspecified atom stereocenters. The van der Waals surface area contributed by atoms with Crippen molar-refractivity contribution in [3.8, 4) is 11.5 Å². The maximum absolute atomic E-state index is 13.2. The zero-order chi connectivity index (χ0) is 21.3. The smallest absolute Gasteiger partial charge is 0.257 e. The molecular weight excluding hydrogens is 500 g/mol. The molecule has 1 heterocycles. The molecule has 3 aromatic rings. The second-order valence-corrected chi connectivity index (χ2v) is 9.26. The number of halogens is 4. The number of benzene rings is 2. The molecule has 1 aromatic heterocycles. The molecule has 4 rings (SSSR count). The largest absolute Gasteiger partial charge is 0.497 e. The third kappa shape index (κ3) is 4.63. The number of hydrogen-bond acceptors (Lipinski definition) is 5. The van der Waals surface area contributed by atoms with Crippen molar-refractivity contribution in [2.45, 2.75) is 37.6 Å². The number of aromatic nitrogens is 2. The summed E-state index contributed by atoms with van der Waals surface area (Å²) in [6.45, 7) is 0.0193. The molecule has 0 saturated heterocycles. The highest BCUT2D eigenvalue weighted by molar-refractivity contribution is 9.10. The van der Waals surface area contributed by atoms with E-state index in [1.807, 2.05) is 28.6 Å². The Morgan fingerprint density at radius 1 is 1.27 bits per heavy atom. The van der Waals surface area contributed by atoms with Crippen molar-refractivity contribution >= 4 is 56.5 Å². The topological polar surface area (TPSA) is 39.5 Å². The van der Waals surface area contributed by atoms with Gasteiger partial charge in [-0.1, -0.05) is 12.1 Å². The van der Waals surface area contributed by atoms with E-state index in [4.69, 9.17) is 20.9 Å². The van der Waals surface area contributed by atoms with Crippen LogP contribution in [0.2, 0.25) is 0 Å². The first-order valence-electron chi connectivity index (χ1n) is 9.33. The van der Waals surface area contributed by atoms with Crippen LogP contribution in [-0.2, 0) is 13.1 Å². The lowest BCUT2D eigenvalue weighted by Crippen LogP contribution is -2.17. The van der Waals surface area contributed by atoms with E-state index in [-0.39, 0.29) is 0 Å². The van der Waals surface area contributed by atoms with Crippen LogP contribution in [0.3, 0.4) is 0 Å². The zero-order valence-corrected chi connectivity index (χ0v) is 19.2. The standard InChI is InChI=1S/C20H19BrClF2N3O2S/c1-28-13-4-2-12(3-5-13)10-27(30-14-6-7-14)20-18-16(29-22)9-8-15(21)19(18)26(25-20)11-17(23)24/h2-5,8-9,14,17H,6-7,10-11H2,1H3. The fourth-order valence-corrected chi connectivity index (χ4v) is 4.97. The molecule has 0 aliphatic heterocycles. The molecule has 30 heavy (non-hydrogen) atoms. The van der Waals surface area contributed by atoms with E-state index in [0.29, 0.717) is 38.7 Å². The highest BCUT2D eigenvalue weighted by atomic mass is 79.9. The minimum Gasteiger partial charge on any atom is -0.497 e. The molecule has 0 spiro atoms. The van der Waals surface area contributed by atoms with Crippen molar-refractivity contribution in [3.05, 3.63) is 46.4 Å². The quantitative estimate of drug-likeness (QED) is 0.306. The number of hydrogen-bond donors (Lipinski definition) is 0. The molecule has 1 aliphatic carbocycles. The Balaban J connectivity index is 1.80. The van der Waals surface area contributed by atoms with Gasteiger partial charge in [0.2, 0.25) is 0 Å². The first kappa shape index (κ1) is 21.5. The van der Waals surface area contributed by atoms with Gasteiger partial charge < -0.3 is 9.03 Å². The van der Waals surface area contributed by atoms with Crippen LogP contribution in [0, 0.1) is 0 Å². The van der Waals surface area contributed by atoms with Gasteiger partial charge in [0.1, 0.15) is 24.2 Å². The maximum atomic E-state index is 13.2. The molecule has 0 radical (unpaired) electrons. The zero-order valence-electron chi connectivity index (χ0n) is 16.0. The van der Waals surface area contributed by atoms with Crippen LogP contribution in [0.5, 0.6) is 11.5 Å². The van der Waals surface area contributed by atoms with Crippen molar-refractivity contribution in [1.82, 2.24) is 9.78 Å². The van der Waals surface area contributed by atoms with E-state index in [9.17, 15) is 8.78 Å². The Bertz CT molecular complexity index is 1030. The molecule has 5 nitrogen and oxygen atoms in total. The average molecular weight is 519 g/mol. The summed E-state index contributed by atoms with van der Waals surface area (Å²) in [5.74, 6) is 1.70. The lowest BCUT2D eigenvalue weighted by atomic mass is 10.2. The molecular formula is C20H19BrClF2N3O2S. The number of methoxy groups -OCH3 is 1. The van der Waals surface area contributed by atoms with Crippen molar-refractivity contribution in [2.75, 3.05) is 11.4 Å². The van der Waals surface area contributed by atoms with Gasteiger partial charge in [-0.05, 0) is 70.5 Å². The van der Waals surface area contributed by atoms with Crippen LogP contribution >= 0.6 is 39.7 Å². The number of anilines is 1. The van der Waals surface area contributed by atoms with Gasteiger partial charge in [0.25, 0.3) is 6.43 Å². The van der Waals surface area contributed by atoms with E-state index in [1.165, 1.54) is 4.68 Å². The molecule has 0 N–H and O–H groups in total. The van der Waals surface area contributed by atoms with Gasteiger partial charge in [0.15, 0.2) is 11.6 Å². The van der Waals surface area contributed by atoms with Crippen molar-refractivity contribution in [3.63, 3.8) is 0 Å². The molecule has 1 fully saturated rings. The monoisotopic (exact) mass is 517 g/mol. The van der Waals surface area contributed by atoms with Crippen LogP contribution < -0.4 is 13.3 Å². The number of ether oxygens (including phenoxy) is 1. The van der Waals surface area contributed by atoms with Crippen molar-refractivity contribution < 1.29 is 17.8 Å². The molecule has 2 aromatic carbocycles. The Morgan fingerprint density at radius 2 is 2.00 bits per heavy atom. The molecule has 1 aliphatic rings. The normalized spacial score (nSPS) is 13.8. The maximum Gasteiger partial charge on any atom is 0.257 e. The first-order chi connectivity index (χ1) is 14.5. The van der Waals surface area contributed by atoms with Gasteiger partial charge in [-0.25, -0.2) is 8.78 Å². The van der Waals surface area contributed by atoms with E-state index < -0.39 is 13.0 Å². The Morgan fingerprint density at radius 3 is 2.60 bits per heavy atom. The summed E-state index contributed by atoms with van der Waals surface area (Å²) in [5.41, 5.74) is 1.57. The molecule has 10 heteroatoms. The summed E-state index contributed by atoms with van der Waals surface area (Å²) in [6, 6.07) is 11.2. The van der Waals surface area contributed by atoms with Crippen molar-refractivity contribution in [1.29, 1.82) is 0 Å². The third-order valence-corrected chi connectivity index (χ3v) is 6.84.